The molecular weight excluding hydrogens is 484 g/mol. The van der Waals surface area contributed by atoms with Gasteiger partial charge < -0.3 is 20.2 Å². The van der Waals surface area contributed by atoms with Crippen LogP contribution in [0.15, 0.2) is 79.4 Å². The van der Waals surface area contributed by atoms with E-state index in [1.54, 1.807) is 6.33 Å². The summed E-state index contributed by atoms with van der Waals surface area (Å²) in [5.41, 5.74) is 6.55. The van der Waals surface area contributed by atoms with E-state index < -0.39 is 0 Å². The monoisotopic (exact) mass is 518 g/mol. The molecule has 3 aromatic carbocycles. The molecule has 6 rings (SSSR count). The molecule has 2 atom stereocenters. The van der Waals surface area contributed by atoms with E-state index in [0.717, 1.165) is 47.7 Å². The second-order valence-corrected chi connectivity index (χ2v) is 10.7. The third-order valence-corrected chi connectivity index (χ3v) is 7.87. The molecule has 1 amide bonds. The number of imidazole rings is 2. The lowest BCUT2D eigenvalue weighted by Gasteiger charge is -2.29. The summed E-state index contributed by atoms with van der Waals surface area (Å²) < 4.78 is 0. The molecule has 0 radical (unpaired) electrons. The molecule has 0 aliphatic carbocycles. The maximum Gasteiger partial charge on any atom is 0.240 e. The van der Waals surface area contributed by atoms with Crippen molar-refractivity contribution in [3.8, 4) is 33.6 Å². The molecule has 1 aliphatic rings. The Morgan fingerprint density at radius 3 is 2.31 bits per heavy atom. The Balaban J connectivity index is 1.22. The van der Waals surface area contributed by atoms with E-state index in [-0.39, 0.29) is 23.9 Å². The molecule has 1 fully saturated rings. The normalized spacial score (nSPS) is 16.3. The highest BCUT2D eigenvalue weighted by atomic mass is 16.2. The Hall–Kier alpha value is -4.23. The Labute approximate surface area is 228 Å². The summed E-state index contributed by atoms with van der Waals surface area (Å²) >= 11 is 0. The Morgan fingerprint density at radius 1 is 0.923 bits per heavy atom. The van der Waals surface area contributed by atoms with Gasteiger partial charge in [0.15, 0.2) is 0 Å². The van der Waals surface area contributed by atoms with Gasteiger partial charge in [-0.2, -0.15) is 0 Å². The maximum atomic E-state index is 13.2. The van der Waals surface area contributed by atoms with Gasteiger partial charge in [-0.25, -0.2) is 9.97 Å². The zero-order valence-electron chi connectivity index (χ0n) is 22.6. The molecule has 7 nitrogen and oxygen atoms in total. The molecule has 198 valence electrons. The van der Waals surface area contributed by atoms with E-state index in [0.29, 0.717) is 0 Å². The zero-order chi connectivity index (χ0) is 26.9. The fraction of sp³-hybridized carbons (Fsp3) is 0.281. The van der Waals surface area contributed by atoms with Crippen molar-refractivity contribution in [2.45, 2.75) is 38.8 Å². The summed E-state index contributed by atoms with van der Waals surface area (Å²) in [6.07, 6.45) is 7.34. The highest BCUT2D eigenvalue weighted by molar-refractivity contribution is 5.90. The number of benzene rings is 3. The first-order chi connectivity index (χ1) is 19.0. The second kappa shape index (κ2) is 10.5. The summed E-state index contributed by atoms with van der Waals surface area (Å²) in [4.78, 5) is 30.7. The van der Waals surface area contributed by atoms with E-state index >= 15 is 0 Å². The number of aromatic amines is 2. The molecule has 39 heavy (non-hydrogen) atoms. The van der Waals surface area contributed by atoms with Crippen molar-refractivity contribution in [2.75, 3.05) is 13.6 Å². The lowest BCUT2D eigenvalue weighted by Crippen LogP contribution is -2.47. The summed E-state index contributed by atoms with van der Waals surface area (Å²) in [5.74, 6) is 1.25. The molecule has 5 aromatic rings. The van der Waals surface area contributed by atoms with Gasteiger partial charge in [-0.05, 0) is 65.4 Å². The van der Waals surface area contributed by atoms with Gasteiger partial charge in [-0.15, -0.1) is 0 Å². The summed E-state index contributed by atoms with van der Waals surface area (Å²) in [6, 6.07) is 21.4. The van der Waals surface area contributed by atoms with Crippen LogP contribution >= 0.6 is 0 Å². The average molecular weight is 519 g/mol. The van der Waals surface area contributed by atoms with Crippen LogP contribution in [0.2, 0.25) is 0 Å². The zero-order valence-corrected chi connectivity index (χ0v) is 22.6. The molecule has 0 saturated carbocycles. The number of H-pyrrole nitrogens is 2. The van der Waals surface area contributed by atoms with Crippen LogP contribution in [0, 0.1) is 5.92 Å². The lowest BCUT2D eigenvalue weighted by molar-refractivity contribution is -0.135. The molecule has 1 aliphatic heterocycles. The number of hydrogen-bond donors (Lipinski definition) is 3. The van der Waals surface area contributed by atoms with E-state index in [1.165, 1.54) is 21.9 Å². The van der Waals surface area contributed by atoms with Crippen LogP contribution in [0.3, 0.4) is 0 Å². The SMILES string of the molecule is CNC(C(=O)N1CCC[C@H]1c1ncc(-c2ccc3cc(-c4ccc(-c5cnc[nH]5)cc4)ccc3c2)[nH]1)C(C)C. The topological polar surface area (TPSA) is 89.7 Å². The van der Waals surface area contributed by atoms with Gasteiger partial charge in [0.25, 0.3) is 0 Å². The number of likely N-dealkylation sites (tertiary alicyclic amines) is 1. The number of aromatic nitrogens is 4. The maximum absolute atomic E-state index is 13.2. The summed E-state index contributed by atoms with van der Waals surface area (Å²) in [7, 11) is 1.86. The largest absolute Gasteiger partial charge is 0.345 e. The van der Waals surface area contributed by atoms with Crippen LogP contribution in [0.4, 0.5) is 0 Å². The number of nitrogens with zero attached hydrogens (tertiary/aromatic N) is 3. The number of nitrogens with one attached hydrogen (secondary N) is 3. The van der Waals surface area contributed by atoms with Crippen molar-refractivity contribution in [3.63, 3.8) is 0 Å². The van der Waals surface area contributed by atoms with Crippen molar-refractivity contribution in [2.24, 2.45) is 5.92 Å². The van der Waals surface area contributed by atoms with Crippen molar-refractivity contribution in [1.29, 1.82) is 0 Å². The Kier molecular flexibility index (Phi) is 6.75. The molecular formula is C32H34N6O. The second-order valence-electron chi connectivity index (χ2n) is 10.7. The Morgan fingerprint density at radius 2 is 1.62 bits per heavy atom. The van der Waals surface area contributed by atoms with Crippen LogP contribution in [0.5, 0.6) is 0 Å². The van der Waals surface area contributed by atoms with Gasteiger partial charge in [0, 0.05) is 12.1 Å². The smallest absolute Gasteiger partial charge is 0.240 e. The van der Waals surface area contributed by atoms with Crippen molar-refractivity contribution >= 4 is 16.7 Å². The highest BCUT2D eigenvalue weighted by Gasteiger charge is 2.36. The number of likely N-dealkylation sites (N-methyl/N-ethyl adjacent to an activating group) is 1. The van der Waals surface area contributed by atoms with E-state index in [1.807, 2.05) is 24.3 Å². The average Bonchev–Trinajstić information content (AvgIpc) is 3.74. The van der Waals surface area contributed by atoms with E-state index in [9.17, 15) is 4.79 Å². The predicted octanol–water partition coefficient (Wildman–Crippen LogP) is 6.19. The van der Waals surface area contributed by atoms with Crippen LogP contribution < -0.4 is 5.32 Å². The van der Waals surface area contributed by atoms with Gasteiger partial charge >= 0.3 is 0 Å². The molecule has 1 unspecified atom stereocenters. The lowest BCUT2D eigenvalue weighted by atomic mass is 9.98. The van der Waals surface area contributed by atoms with Gasteiger partial charge in [0.2, 0.25) is 5.91 Å². The Bertz CT molecular complexity index is 1590. The standard InChI is InChI=1S/C32H34N6O/c1-20(2)30(33-3)32(39)38-14-4-5-29(38)31-35-18-28(37-31)26-13-12-24-15-23(10-11-25(24)16-26)21-6-8-22(9-7-21)27-17-34-19-36-27/h6-13,15-20,29-30,33H,4-5,14H2,1-3H3,(H,34,36)(H,35,37)/t29-,30?/m0/s1. The minimum Gasteiger partial charge on any atom is -0.345 e. The van der Waals surface area contributed by atoms with Crippen molar-refractivity contribution < 1.29 is 4.79 Å². The fourth-order valence-corrected chi connectivity index (χ4v) is 5.74. The predicted molar refractivity (Wildman–Crippen MR) is 156 cm³/mol. The molecule has 0 bridgehead atoms. The third kappa shape index (κ3) is 4.86. The number of fused-ring (bicyclic) bond motifs is 1. The number of hydrogen-bond acceptors (Lipinski definition) is 4. The van der Waals surface area contributed by atoms with Crippen molar-refractivity contribution in [3.05, 3.63) is 85.2 Å². The highest BCUT2D eigenvalue weighted by Crippen LogP contribution is 2.34. The molecule has 0 spiro atoms. The van der Waals surface area contributed by atoms with Crippen LogP contribution in [-0.2, 0) is 4.79 Å². The van der Waals surface area contributed by atoms with Gasteiger partial charge in [-0.1, -0.05) is 62.4 Å². The van der Waals surface area contributed by atoms with Crippen molar-refractivity contribution in [1.82, 2.24) is 30.2 Å². The molecule has 7 heteroatoms. The molecule has 3 heterocycles. The third-order valence-electron chi connectivity index (χ3n) is 7.87. The first kappa shape index (κ1) is 25.1. The number of carbonyl (C=O) groups is 1. The first-order valence-electron chi connectivity index (χ1n) is 13.7. The molecule has 2 aromatic heterocycles. The summed E-state index contributed by atoms with van der Waals surface area (Å²) in [6.45, 7) is 4.93. The number of rotatable bonds is 7. The number of carbonyl (C=O) groups excluding carboxylic acids is 1. The van der Waals surface area contributed by atoms with Gasteiger partial charge in [-0.3, -0.25) is 4.79 Å². The van der Waals surface area contributed by atoms with E-state index in [2.05, 4.69) is 94.8 Å². The quantitative estimate of drug-likeness (QED) is 0.239. The van der Waals surface area contributed by atoms with E-state index in [4.69, 9.17) is 4.98 Å². The molecule has 3 N–H and O–H groups in total. The summed E-state index contributed by atoms with van der Waals surface area (Å²) in [5, 5.41) is 5.56. The molecule has 1 saturated heterocycles. The van der Waals surface area contributed by atoms with Gasteiger partial charge in [0.1, 0.15) is 5.82 Å². The minimum absolute atomic E-state index is 0.0106. The van der Waals surface area contributed by atoms with Crippen LogP contribution in [-0.4, -0.2) is 50.4 Å². The minimum atomic E-state index is -0.181. The van der Waals surface area contributed by atoms with Crippen LogP contribution in [0.25, 0.3) is 44.4 Å². The van der Waals surface area contributed by atoms with Gasteiger partial charge in [0.05, 0.1) is 42.2 Å². The fourth-order valence-electron chi connectivity index (χ4n) is 5.74. The number of amides is 1. The first-order valence-corrected chi connectivity index (χ1v) is 13.7. The van der Waals surface area contributed by atoms with Crippen LogP contribution in [0.1, 0.15) is 38.6 Å².